The van der Waals surface area contributed by atoms with Crippen molar-refractivity contribution in [3.05, 3.63) is 62.3 Å². The molecule has 3 aromatic rings. The summed E-state index contributed by atoms with van der Waals surface area (Å²) in [4.78, 5) is 22.0. The molecular weight excluding hydrogens is 350 g/mol. The number of hydrogen-bond acceptors (Lipinski definition) is 6. The van der Waals surface area contributed by atoms with Gasteiger partial charge in [0.2, 0.25) is 5.52 Å². The zero-order chi connectivity index (χ0) is 17.1. The van der Waals surface area contributed by atoms with Gasteiger partial charge in [-0.3, -0.25) is 9.78 Å². The highest BCUT2D eigenvalue weighted by Crippen LogP contribution is 2.10. The second kappa shape index (κ2) is 7.88. The molecule has 5 N–H and O–H groups in total. The first-order chi connectivity index (χ1) is 11.5. The van der Waals surface area contributed by atoms with Crippen molar-refractivity contribution in [2.45, 2.75) is 13.0 Å². The number of rotatable bonds is 5. The second-order valence-corrected chi connectivity index (χ2v) is 5.55. The quantitative estimate of drug-likeness (QED) is 0.372. The standard InChI is InChI=1S/C15H14ClN5O3.H2O/c16-10-3-1-9(2-4-10)5-6-24-8-11-7-21(23)13-12(18-11)14(22)20-15(17)19-13;/h1-4,7H,5-6,8H2,(H3,17,19,20,22);1H2. The second-order valence-electron chi connectivity index (χ2n) is 5.11. The molecule has 2 aromatic heterocycles. The van der Waals surface area contributed by atoms with E-state index >= 15 is 0 Å². The van der Waals surface area contributed by atoms with Crippen molar-refractivity contribution >= 4 is 28.7 Å². The summed E-state index contributed by atoms with van der Waals surface area (Å²) in [5.74, 6) is -0.133. The summed E-state index contributed by atoms with van der Waals surface area (Å²) >= 11 is 5.83. The molecule has 132 valence electrons. The lowest BCUT2D eigenvalue weighted by Gasteiger charge is -2.07. The van der Waals surface area contributed by atoms with Gasteiger partial charge >= 0.3 is 11.6 Å². The van der Waals surface area contributed by atoms with Gasteiger partial charge in [0.05, 0.1) is 13.2 Å². The van der Waals surface area contributed by atoms with E-state index in [4.69, 9.17) is 22.1 Å². The maximum Gasteiger partial charge on any atom is 0.362 e. The first kappa shape index (κ1) is 18.6. The maximum absolute atomic E-state index is 11.9. The fourth-order valence-electron chi connectivity index (χ4n) is 2.18. The van der Waals surface area contributed by atoms with Gasteiger partial charge in [-0.15, -0.1) is 0 Å². The van der Waals surface area contributed by atoms with Crippen LogP contribution in [-0.2, 0) is 17.8 Å². The van der Waals surface area contributed by atoms with Crippen molar-refractivity contribution in [2.75, 3.05) is 12.3 Å². The summed E-state index contributed by atoms with van der Waals surface area (Å²) in [6, 6.07) is 7.46. The van der Waals surface area contributed by atoms with Gasteiger partial charge in [-0.25, -0.2) is 9.71 Å². The Labute approximate surface area is 147 Å². The number of hydrogen-bond donors (Lipinski definition) is 2. The van der Waals surface area contributed by atoms with Crippen LogP contribution in [0.3, 0.4) is 0 Å². The minimum absolute atomic E-state index is 0. The maximum atomic E-state index is 11.9. The van der Waals surface area contributed by atoms with Crippen molar-refractivity contribution < 1.29 is 14.9 Å². The number of aromatic amines is 1. The summed E-state index contributed by atoms with van der Waals surface area (Å²) in [6.07, 6.45) is 1.91. The smallest absolute Gasteiger partial charge is 0.362 e. The molecule has 2 heterocycles. The number of nitrogens with zero attached hydrogens (tertiary/aromatic N) is 3. The Morgan fingerprint density at radius 1 is 1.28 bits per heavy atom. The largest absolute Gasteiger partial charge is 0.710 e. The predicted molar refractivity (Wildman–Crippen MR) is 92.0 cm³/mol. The molecule has 25 heavy (non-hydrogen) atoms. The number of nitrogen functional groups attached to an aromatic ring is 1. The van der Waals surface area contributed by atoms with E-state index in [2.05, 4.69) is 15.0 Å². The molecule has 0 radical (unpaired) electrons. The number of fused-ring (bicyclic) bond motifs is 1. The Morgan fingerprint density at radius 2 is 2.00 bits per heavy atom. The number of nitrogens with two attached hydrogens (primary N) is 1. The molecule has 0 aliphatic heterocycles. The van der Waals surface area contributed by atoms with Crippen LogP contribution in [0.1, 0.15) is 11.3 Å². The Morgan fingerprint density at radius 3 is 2.72 bits per heavy atom. The van der Waals surface area contributed by atoms with Crippen LogP contribution in [0.15, 0.2) is 35.3 Å². The summed E-state index contributed by atoms with van der Waals surface area (Å²) in [5.41, 5.74) is 6.08. The van der Waals surface area contributed by atoms with Crippen LogP contribution in [0.2, 0.25) is 5.02 Å². The Balaban J connectivity index is 0.00000225. The highest BCUT2D eigenvalue weighted by Gasteiger charge is 2.15. The molecule has 1 aromatic carbocycles. The van der Waals surface area contributed by atoms with E-state index in [9.17, 15) is 10.0 Å². The zero-order valence-electron chi connectivity index (χ0n) is 13.0. The van der Waals surface area contributed by atoms with Gasteiger partial charge in [0.25, 0.3) is 5.56 Å². The molecule has 9 nitrogen and oxygen atoms in total. The van der Waals surface area contributed by atoms with E-state index in [1.54, 1.807) is 0 Å². The van der Waals surface area contributed by atoms with Crippen LogP contribution in [0, 0.1) is 5.21 Å². The molecule has 0 amide bonds. The third-order valence-electron chi connectivity index (χ3n) is 3.32. The number of H-pyrrole nitrogens is 1. The fourth-order valence-corrected chi connectivity index (χ4v) is 2.31. The molecule has 0 fully saturated rings. The van der Waals surface area contributed by atoms with Crippen molar-refractivity contribution in [1.29, 1.82) is 0 Å². The van der Waals surface area contributed by atoms with Gasteiger partial charge < -0.3 is 21.2 Å². The van der Waals surface area contributed by atoms with Crippen molar-refractivity contribution in [3.63, 3.8) is 0 Å². The fraction of sp³-hybridized carbons (Fsp3) is 0.200. The SMILES string of the molecule is Nc1nc2c(nc(COCCc3ccc(Cl)cc3)c[n+]2[O-])c(=O)[nH]1.O. The molecule has 10 heteroatoms. The lowest BCUT2D eigenvalue weighted by molar-refractivity contribution is -0.580. The summed E-state index contributed by atoms with van der Waals surface area (Å²) in [7, 11) is 0. The van der Waals surface area contributed by atoms with Crippen molar-refractivity contribution in [2.24, 2.45) is 0 Å². The predicted octanol–water partition coefficient (Wildman–Crippen LogP) is 0.122. The summed E-state index contributed by atoms with van der Waals surface area (Å²) in [6.45, 7) is 0.548. The number of nitrogens with one attached hydrogen (secondary N) is 1. The minimum Gasteiger partial charge on any atom is -0.710 e. The molecule has 0 spiro atoms. The molecule has 0 saturated heterocycles. The first-order valence-corrected chi connectivity index (χ1v) is 7.51. The first-order valence-electron chi connectivity index (χ1n) is 7.14. The van der Waals surface area contributed by atoms with E-state index in [0.29, 0.717) is 28.5 Å². The molecule has 3 rings (SSSR count). The normalized spacial score (nSPS) is 10.6. The van der Waals surface area contributed by atoms with E-state index in [1.807, 2.05) is 24.3 Å². The monoisotopic (exact) mass is 365 g/mol. The van der Waals surface area contributed by atoms with Crippen molar-refractivity contribution in [1.82, 2.24) is 15.0 Å². The molecule has 0 aliphatic carbocycles. The lowest BCUT2D eigenvalue weighted by Crippen LogP contribution is -2.32. The number of aromatic nitrogens is 4. The van der Waals surface area contributed by atoms with Crippen LogP contribution in [0.4, 0.5) is 5.95 Å². The molecule has 0 aliphatic rings. The number of halogens is 1. The summed E-state index contributed by atoms with van der Waals surface area (Å²) < 4.78 is 5.98. The Hall–Kier alpha value is -2.75. The molecular formula is C15H16ClN5O4. The lowest BCUT2D eigenvalue weighted by atomic mass is 10.2. The average molecular weight is 366 g/mol. The van der Waals surface area contributed by atoms with Crippen LogP contribution in [0.25, 0.3) is 11.2 Å². The van der Waals surface area contributed by atoms with E-state index in [1.165, 1.54) is 6.20 Å². The van der Waals surface area contributed by atoms with Crippen molar-refractivity contribution in [3.8, 4) is 0 Å². The Kier molecular flexibility index (Phi) is 5.86. The molecule has 0 atom stereocenters. The van der Waals surface area contributed by atoms with Crippen LogP contribution >= 0.6 is 11.6 Å². The van der Waals surface area contributed by atoms with E-state index in [0.717, 1.165) is 5.56 Å². The number of anilines is 1. The van der Waals surface area contributed by atoms with Crippen LogP contribution in [0.5, 0.6) is 0 Å². The van der Waals surface area contributed by atoms with Gasteiger partial charge in [0.15, 0.2) is 0 Å². The minimum atomic E-state index is -0.565. The Bertz CT molecular complexity index is 930. The molecule has 0 saturated carbocycles. The third-order valence-corrected chi connectivity index (χ3v) is 3.58. The highest BCUT2D eigenvalue weighted by atomic mass is 35.5. The average Bonchev–Trinajstić information content (AvgIpc) is 2.54. The number of ether oxygens (including phenoxy) is 1. The van der Waals surface area contributed by atoms with Crippen LogP contribution in [-0.4, -0.2) is 27.0 Å². The third kappa shape index (κ3) is 4.41. The van der Waals surface area contributed by atoms with Gasteiger partial charge in [-0.2, -0.15) is 0 Å². The van der Waals surface area contributed by atoms with Gasteiger partial charge in [0.1, 0.15) is 11.9 Å². The number of benzene rings is 1. The topological polar surface area (TPSA) is 152 Å². The van der Waals surface area contributed by atoms with Gasteiger partial charge in [-0.1, -0.05) is 23.7 Å². The van der Waals surface area contributed by atoms with Gasteiger partial charge in [-0.05, 0) is 29.1 Å². The molecule has 0 bridgehead atoms. The highest BCUT2D eigenvalue weighted by molar-refractivity contribution is 6.30. The molecule has 0 unspecified atom stereocenters. The zero-order valence-corrected chi connectivity index (χ0v) is 13.8. The van der Waals surface area contributed by atoms with Crippen LogP contribution < -0.4 is 16.0 Å². The van der Waals surface area contributed by atoms with E-state index in [-0.39, 0.29) is 29.2 Å². The van der Waals surface area contributed by atoms with Gasteiger partial charge in [0, 0.05) is 5.02 Å². The summed E-state index contributed by atoms with van der Waals surface area (Å²) in [5, 5.41) is 12.6. The van der Waals surface area contributed by atoms with E-state index < -0.39 is 5.56 Å².